The maximum Gasteiger partial charge on any atom is 0.291 e. The number of rotatable bonds is 2. The second kappa shape index (κ2) is 8.13. The number of nitrogens with zero attached hydrogens (tertiary/aromatic N) is 2. The Bertz CT molecular complexity index is 279. The molecule has 0 bridgehead atoms. The second-order valence-corrected chi connectivity index (χ2v) is 4.36. The lowest BCUT2D eigenvalue weighted by Gasteiger charge is -2.18. The molecule has 0 aliphatic heterocycles. The van der Waals surface area contributed by atoms with Crippen molar-refractivity contribution in [3.05, 3.63) is 10.1 Å². The van der Waals surface area contributed by atoms with Gasteiger partial charge in [-0.15, -0.1) is 10.1 Å². The third-order valence-corrected chi connectivity index (χ3v) is 1.42. The van der Waals surface area contributed by atoms with E-state index in [1.54, 1.807) is 0 Å². The van der Waals surface area contributed by atoms with Gasteiger partial charge in [0.05, 0.1) is 0 Å². The zero-order valence-corrected chi connectivity index (χ0v) is 10.2. The van der Waals surface area contributed by atoms with Crippen LogP contribution >= 0.6 is 0 Å². The average molecular weight is 248 g/mol. The summed E-state index contributed by atoms with van der Waals surface area (Å²) in [6.45, 7) is 7.18. The molecule has 9 nitrogen and oxygen atoms in total. The maximum atomic E-state index is 8.36. The van der Waals surface area contributed by atoms with E-state index in [0.717, 1.165) is 13.0 Å². The number of hydrogen-bond donors (Lipinski definition) is 5. The summed E-state index contributed by atoms with van der Waals surface area (Å²) in [6.07, 6.45) is 0.987. The first kappa shape index (κ1) is 17.3. The van der Waals surface area contributed by atoms with Crippen LogP contribution in [0.1, 0.15) is 27.2 Å². The Morgan fingerprint density at radius 1 is 1.53 bits per heavy atom. The zero-order valence-electron chi connectivity index (χ0n) is 10.2. The van der Waals surface area contributed by atoms with E-state index >= 15 is 0 Å². The molecule has 0 saturated carbocycles. The van der Waals surface area contributed by atoms with Gasteiger partial charge >= 0.3 is 0 Å². The van der Waals surface area contributed by atoms with Crippen molar-refractivity contribution in [2.75, 3.05) is 6.54 Å². The Hall–Kier alpha value is -2.06. The molecule has 0 heterocycles. The molecule has 100 valence electrons. The number of guanidine groups is 2. The third kappa shape index (κ3) is 24.9. The standard InChI is InChI=1S/C8H19N5.HNO3/c1-8(2,3)4-5-12-7(11)13-6(9)10;2-1(3)4/h4-5H2,1-3H3,(H6,9,10,11,12,13);(H,2,3,4). The summed E-state index contributed by atoms with van der Waals surface area (Å²) in [7, 11) is 0. The van der Waals surface area contributed by atoms with Crippen molar-refractivity contribution in [1.29, 1.82) is 5.41 Å². The predicted molar refractivity (Wildman–Crippen MR) is 64.4 cm³/mol. The van der Waals surface area contributed by atoms with Crippen molar-refractivity contribution in [3.63, 3.8) is 0 Å². The quantitative estimate of drug-likeness (QED) is 0.198. The Morgan fingerprint density at radius 3 is 2.24 bits per heavy atom. The van der Waals surface area contributed by atoms with Crippen molar-refractivity contribution in [2.45, 2.75) is 27.2 Å². The monoisotopic (exact) mass is 248 g/mol. The molecule has 0 radical (unpaired) electrons. The molecule has 7 N–H and O–H groups in total. The van der Waals surface area contributed by atoms with Crippen molar-refractivity contribution in [1.82, 2.24) is 5.32 Å². The van der Waals surface area contributed by atoms with E-state index in [1.807, 2.05) is 0 Å². The summed E-state index contributed by atoms with van der Waals surface area (Å²) in [5.41, 5.74) is 10.7. The average Bonchev–Trinajstić information content (AvgIpc) is 1.97. The van der Waals surface area contributed by atoms with Gasteiger partial charge in [0, 0.05) is 6.54 Å². The molecule has 17 heavy (non-hydrogen) atoms. The number of hydrogen-bond acceptors (Lipinski definition) is 3. The Labute approximate surface area is 99.5 Å². The molecular formula is C8H20N6O3. The first-order valence-electron chi connectivity index (χ1n) is 4.80. The normalized spacial score (nSPS) is 11.1. The van der Waals surface area contributed by atoms with Gasteiger partial charge in [0.25, 0.3) is 5.09 Å². The van der Waals surface area contributed by atoms with E-state index in [1.165, 1.54) is 0 Å². The fraction of sp³-hybridized carbons (Fsp3) is 0.750. The molecule has 0 aliphatic carbocycles. The van der Waals surface area contributed by atoms with E-state index in [-0.39, 0.29) is 17.3 Å². The van der Waals surface area contributed by atoms with Crippen molar-refractivity contribution < 1.29 is 10.3 Å². The first-order chi connectivity index (χ1) is 7.54. The minimum atomic E-state index is -1.50. The summed E-state index contributed by atoms with van der Waals surface area (Å²) < 4.78 is 0. The van der Waals surface area contributed by atoms with Crippen molar-refractivity contribution in [2.24, 2.45) is 21.9 Å². The van der Waals surface area contributed by atoms with Gasteiger partial charge in [-0.3, -0.25) is 5.41 Å². The Morgan fingerprint density at radius 2 is 1.94 bits per heavy atom. The van der Waals surface area contributed by atoms with Crippen LogP contribution in [0.2, 0.25) is 0 Å². The van der Waals surface area contributed by atoms with Gasteiger partial charge in [-0.1, -0.05) is 20.8 Å². The van der Waals surface area contributed by atoms with Crippen molar-refractivity contribution >= 4 is 11.9 Å². The first-order valence-corrected chi connectivity index (χ1v) is 4.80. The third-order valence-electron chi connectivity index (χ3n) is 1.42. The van der Waals surface area contributed by atoms with Crippen LogP contribution in [-0.4, -0.2) is 28.8 Å². The summed E-state index contributed by atoms with van der Waals surface area (Å²) in [4.78, 5) is 11.9. The van der Waals surface area contributed by atoms with Crippen molar-refractivity contribution in [3.8, 4) is 0 Å². The molecule has 0 aliphatic rings. The molecule has 0 fully saturated rings. The highest BCUT2D eigenvalue weighted by Crippen LogP contribution is 2.16. The van der Waals surface area contributed by atoms with Gasteiger partial charge in [-0.05, 0) is 11.8 Å². The topological polar surface area (TPSA) is 164 Å². The fourth-order valence-electron chi connectivity index (χ4n) is 0.735. The van der Waals surface area contributed by atoms with E-state index in [4.69, 9.17) is 32.2 Å². The fourth-order valence-corrected chi connectivity index (χ4v) is 0.735. The Balaban J connectivity index is 0. The maximum absolute atomic E-state index is 8.36. The molecule has 0 atom stereocenters. The van der Waals surface area contributed by atoms with E-state index in [9.17, 15) is 0 Å². The van der Waals surface area contributed by atoms with Crippen LogP contribution < -0.4 is 16.8 Å². The molecule has 0 saturated heterocycles. The van der Waals surface area contributed by atoms with Gasteiger partial charge < -0.3 is 22.0 Å². The summed E-state index contributed by atoms with van der Waals surface area (Å²) in [5, 5.41) is 23.4. The van der Waals surface area contributed by atoms with Crippen LogP contribution in [-0.2, 0) is 0 Å². The van der Waals surface area contributed by atoms with Crippen LogP contribution in [0, 0.1) is 20.9 Å². The van der Waals surface area contributed by atoms with Crippen LogP contribution in [0.3, 0.4) is 0 Å². The molecule has 9 heteroatoms. The lowest BCUT2D eigenvalue weighted by Crippen LogP contribution is -2.35. The molecule has 0 rings (SSSR count). The SMILES string of the molecule is CC(C)(C)CCN/C(N)=N/C(=N)N.O=[N+]([O-])O. The van der Waals surface area contributed by atoms with Crippen LogP contribution in [0.5, 0.6) is 0 Å². The highest BCUT2D eigenvalue weighted by Gasteiger charge is 2.08. The molecule has 0 aromatic carbocycles. The van der Waals surface area contributed by atoms with Gasteiger partial charge in [0.1, 0.15) is 0 Å². The van der Waals surface area contributed by atoms with Crippen LogP contribution in [0.15, 0.2) is 4.99 Å². The smallest absolute Gasteiger partial charge is 0.291 e. The lowest BCUT2D eigenvalue weighted by atomic mass is 9.92. The number of aliphatic imine (C=N–C) groups is 1. The van der Waals surface area contributed by atoms with Crippen LogP contribution in [0.4, 0.5) is 0 Å². The minimum absolute atomic E-state index is 0.205. The van der Waals surface area contributed by atoms with E-state index < -0.39 is 5.09 Å². The van der Waals surface area contributed by atoms with Crippen LogP contribution in [0.25, 0.3) is 0 Å². The summed E-state index contributed by atoms with van der Waals surface area (Å²) in [6, 6.07) is 0. The second-order valence-electron chi connectivity index (χ2n) is 4.36. The molecule has 0 amide bonds. The van der Waals surface area contributed by atoms with Gasteiger partial charge in [-0.2, -0.15) is 4.99 Å². The number of nitrogens with one attached hydrogen (secondary N) is 2. The molecule has 0 spiro atoms. The molecule has 0 aromatic heterocycles. The van der Waals surface area contributed by atoms with Gasteiger partial charge in [0.2, 0.25) is 5.96 Å². The molecule has 0 aromatic rings. The minimum Gasteiger partial charge on any atom is -0.370 e. The Kier molecular flexibility index (Phi) is 8.30. The van der Waals surface area contributed by atoms with E-state index in [0.29, 0.717) is 0 Å². The van der Waals surface area contributed by atoms with Gasteiger partial charge in [0.15, 0.2) is 5.96 Å². The summed E-state index contributed by atoms with van der Waals surface area (Å²) in [5.74, 6) is -0.0718. The zero-order chi connectivity index (χ0) is 14.1. The van der Waals surface area contributed by atoms with Gasteiger partial charge in [-0.25, -0.2) is 0 Å². The number of nitrogens with two attached hydrogens (primary N) is 2. The summed E-state index contributed by atoms with van der Waals surface area (Å²) >= 11 is 0. The van der Waals surface area contributed by atoms with E-state index in [2.05, 4.69) is 31.1 Å². The lowest BCUT2D eigenvalue weighted by molar-refractivity contribution is -0.742. The highest BCUT2D eigenvalue weighted by atomic mass is 16.9. The largest absolute Gasteiger partial charge is 0.370 e. The molecule has 0 unspecified atom stereocenters. The predicted octanol–water partition coefficient (Wildman–Crippen LogP) is -0.127. The highest BCUT2D eigenvalue weighted by molar-refractivity contribution is 5.91. The molecular weight excluding hydrogens is 228 g/mol.